The Bertz CT molecular complexity index is 1160. The van der Waals surface area contributed by atoms with Crippen LogP contribution < -0.4 is 5.49 Å². The number of fused-ring (bicyclic) bond motifs is 1. The zero-order chi connectivity index (χ0) is 20.2. The molecule has 0 saturated carbocycles. The summed E-state index contributed by atoms with van der Waals surface area (Å²) in [4.78, 5) is 4.71. The number of aliphatic hydroxyl groups is 1. The van der Waals surface area contributed by atoms with Crippen LogP contribution in [0.3, 0.4) is 0 Å². The van der Waals surface area contributed by atoms with Crippen LogP contribution >= 0.6 is 15.9 Å². The Labute approximate surface area is 177 Å². The van der Waals surface area contributed by atoms with Gasteiger partial charge >= 0.3 is 0 Å². The minimum atomic E-state index is 0.169. The molecule has 2 aromatic heterocycles. The number of aliphatic hydroxyl groups excluding tert-OH is 1. The quantitative estimate of drug-likeness (QED) is 0.405. The summed E-state index contributed by atoms with van der Waals surface area (Å²) in [6.45, 7) is 1.54. The van der Waals surface area contributed by atoms with Gasteiger partial charge in [-0.25, -0.2) is 4.98 Å². The second kappa shape index (κ2) is 8.76. The monoisotopic (exact) mass is 450 g/mol. The molecule has 2 heterocycles. The van der Waals surface area contributed by atoms with E-state index in [1.54, 1.807) is 6.33 Å². The lowest BCUT2D eigenvalue weighted by atomic mass is 10.1. The van der Waals surface area contributed by atoms with Crippen molar-refractivity contribution >= 4 is 27.0 Å². The summed E-state index contributed by atoms with van der Waals surface area (Å²) >= 11 is 3.49. The summed E-state index contributed by atoms with van der Waals surface area (Å²) in [7, 11) is 0. The zero-order valence-corrected chi connectivity index (χ0v) is 17.6. The molecule has 29 heavy (non-hydrogen) atoms. The maximum atomic E-state index is 9.06. The molecule has 0 saturated heterocycles. The topological polar surface area (TPSA) is 66.8 Å². The predicted molar refractivity (Wildman–Crippen MR) is 119 cm³/mol. The number of rotatable bonds is 7. The third-order valence-electron chi connectivity index (χ3n) is 5.05. The van der Waals surface area contributed by atoms with Crippen molar-refractivity contribution in [1.82, 2.24) is 14.1 Å². The van der Waals surface area contributed by atoms with Gasteiger partial charge in [-0.3, -0.25) is 5.41 Å². The van der Waals surface area contributed by atoms with Crippen molar-refractivity contribution in [2.24, 2.45) is 0 Å². The van der Waals surface area contributed by atoms with Crippen LogP contribution in [0.5, 0.6) is 0 Å². The Hall–Kier alpha value is -2.70. The number of benzene rings is 2. The van der Waals surface area contributed by atoms with Crippen LogP contribution in [0.1, 0.15) is 18.4 Å². The molecule has 0 bridgehead atoms. The molecule has 0 radical (unpaired) electrons. The first-order chi connectivity index (χ1) is 14.2. The van der Waals surface area contributed by atoms with Crippen molar-refractivity contribution in [3.63, 3.8) is 0 Å². The fourth-order valence-electron chi connectivity index (χ4n) is 3.55. The van der Waals surface area contributed by atoms with Crippen LogP contribution in [-0.2, 0) is 13.1 Å². The van der Waals surface area contributed by atoms with Crippen LogP contribution in [0.15, 0.2) is 71.6 Å². The van der Waals surface area contributed by atoms with Gasteiger partial charge in [0.1, 0.15) is 11.1 Å². The number of unbranched alkanes of at least 4 members (excludes halogenated alkanes) is 1. The lowest BCUT2D eigenvalue weighted by molar-refractivity contribution is 0.280. The molecule has 2 N–H and O–H groups in total. The SMILES string of the molecule is N=c1c2c(-c3ccccc3)cn(Cc3ccc(Br)cc3)c2ncn1CCCCO. The number of nitrogens with zero attached hydrogens (tertiary/aromatic N) is 3. The smallest absolute Gasteiger partial charge is 0.146 e. The molecule has 0 fully saturated rings. The van der Waals surface area contributed by atoms with Crippen molar-refractivity contribution < 1.29 is 5.11 Å². The van der Waals surface area contributed by atoms with Crippen LogP contribution in [0.2, 0.25) is 0 Å². The summed E-state index contributed by atoms with van der Waals surface area (Å²) in [6.07, 6.45) is 5.39. The highest BCUT2D eigenvalue weighted by atomic mass is 79.9. The van der Waals surface area contributed by atoms with Gasteiger partial charge in [0, 0.05) is 35.9 Å². The number of hydrogen-bond donors (Lipinski definition) is 2. The number of aromatic nitrogens is 3. The molecule has 0 amide bonds. The first-order valence-corrected chi connectivity index (χ1v) is 10.5. The summed E-state index contributed by atoms with van der Waals surface area (Å²) in [5.41, 5.74) is 4.55. The Morgan fingerprint density at radius 2 is 1.72 bits per heavy atom. The number of aryl methyl sites for hydroxylation is 1. The highest BCUT2D eigenvalue weighted by Gasteiger charge is 2.15. The summed E-state index contributed by atoms with van der Waals surface area (Å²) in [6, 6.07) is 18.4. The van der Waals surface area contributed by atoms with Crippen molar-refractivity contribution in [2.45, 2.75) is 25.9 Å². The average molecular weight is 451 g/mol. The van der Waals surface area contributed by atoms with Gasteiger partial charge in [0.2, 0.25) is 0 Å². The minimum Gasteiger partial charge on any atom is -0.396 e. The molecular weight excluding hydrogens is 428 g/mol. The highest BCUT2D eigenvalue weighted by molar-refractivity contribution is 9.10. The third kappa shape index (κ3) is 4.18. The largest absolute Gasteiger partial charge is 0.396 e. The normalized spacial score (nSPS) is 11.2. The summed E-state index contributed by atoms with van der Waals surface area (Å²) in [5, 5.41) is 18.7. The number of halogens is 1. The molecular formula is C23H23BrN4O. The zero-order valence-electron chi connectivity index (χ0n) is 16.1. The molecule has 5 nitrogen and oxygen atoms in total. The van der Waals surface area contributed by atoms with Crippen LogP contribution in [0, 0.1) is 5.41 Å². The lowest BCUT2D eigenvalue weighted by Gasteiger charge is -2.09. The predicted octanol–water partition coefficient (Wildman–Crippen LogP) is 4.57. The second-order valence-electron chi connectivity index (χ2n) is 7.08. The van der Waals surface area contributed by atoms with E-state index in [0.29, 0.717) is 18.6 Å². The molecule has 0 spiro atoms. The molecule has 6 heteroatoms. The maximum Gasteiger partial charge on any atom is 0.146 e. The van der Waals surface area contributed by atoms with E-state index in [-0.39, 0.29) is 6.61 Å². The molecule has 4 aromatic rings. The third-order valence-corrected chi connectivity index (χ3v) is 5.58. The first kappa shape index (κ1) is 19.6. The molecule has 0 unspecified atom stereocenters. The van der Waals surface area contributed by atoms with E-state index in [1.807, 2.05) is 34.9 Å². The van der Waals surface area contributed by atoms with Crippen LogP contribution in [0.4, 0.5) is 0 Å². The lowest BCUT2D eigenvalue weighted by Crippen LogP contribution is -2.21. The second-order valence-corrected chi connectivity index (χ2v) is 7.99. The maximum absolute atomic E-state index is 9.06. The van der Waals surface area contributed by atoms with Crippen LogP contribution in [-0.4, -0.2) is 25.8 Å². The van der Waals surface area contributed by atoms with E-state index in [4.69, 9.17) is 15.5 Å². The number of hydrogen-bond acceptors (Lipinski definition) is 3. The Morgan fingerprint density at radius 1 is 0.966 bits per heavy atom. The van der Waals surface area contributed by atoms with E-state index in [9.17, 15) is 0 Å². The highest BCUT2D eigenvalue weighted by Crippen LogP contribution is 2.28. The van der Waals surface area contributed by atoms with E-state index in [2.05, 4.69) is 51.0 Å². The minimum absolute atomic E-state index is 0.169. The molecule has 0 aliphatic rings. The van der Waals surface area contributed by atoms with Gasteiger partial charge in [-0.1, -0.05) is 58.4 Å². The molecule has 0 aliphatic heterocycles. The van der Waals surface area contributed by atoms with Gasteiger partial charge in [-0.15, -0.1) is 0 Å². The van der Waals surface area contributed by atoms with Crippen molar-refractivity contribution in [2.75, 3.05) is 6.61 Å². The van der Waals surface area contributed by atoms with Gasteiger partial charge in [0.15, 0.2) is 0 Å². The summed E-state index contributed by atoms with van der Waals surface area (Å²) < 4.78 is 5.05. The van der Waals surface area contributed by atoms with Crippen molar-refractivity contribution in [1.29, 1.82) is 5.41 Å². The van der Waals surface area contributed by atoms with E-state index in [0.717, 1.165) is 39.5 Å². The Balaban J connectivity index is 1.83. The molecule has 4 rings (SSSR count). The molecule has 148 valence electrons. The van der Waals surface area contributed by atoms with E-state index in [1.165, 1.54) is 5.56 Å². The molecule has 2 aromatic carbocycles. The van der Waals surface area contributed by atoms with Gasteiger partial charge in [-0.2, -0.15) is 0 Å². The first-order valence-electron chi connectivity index (χ1n) is 9.71. The van der Waals surface area contributed by atoms with Gasteiger partial charge in [-0.05, 0) is 36.1 Å². The van der Waals surface area contributed by atoms with E-state index < -0.39 is 0 Å². The average Bonchev–Trinajstić information content (AvgIpc) is 3.11. The Kier molecular flexibility index (Phi) is 5.92. The van der Waals surface area contributed by atoms with Crippen molar-refractivity contribution in [3.05, 3.63) is 82.6 Å². The van der Waals surface area contributed by atoms with Crippen molar-refractivity contribution in [3.8, 4) is 11.1 Å². The standard InChI is InChI=1S/C23H23BrN4O/c24-19-10-8-17(9-11-19)14-28-15-20(18-6-2-1-3-7-18)21-22(25)27(12-4-5-13-29)16-26-23(21)28/h1-3,6-11,15-16,25,29H,4-5,12-14H2. The fourth-order valence-corrected chi connectivity index (χ4v) is 3.81. The summed E-state index contributed by atoms with van der Waals surface area (Å²) in [5.74, 6) is 0. The van der Waals surface area contributed by atoms with Crippen LogP contribution in [0.25, 0.3) is 22.2 Å². The number of nitrogens with one attached hydrogen (secondary N) is 1. The van der Waals surface area contributed by atoms with Gasteiger partial charge < -0.3 is 14.2 Å². The van der Waals surface area contributed by atoms with Gasteiger partial charge in [0.25, 0.3) is 0 Å². The van der Waals surface area contributed by atoms with E-state index >= 15 is 0 Å². The molecule has 0 aliphatic carbocycles. The molecule has 0 atom stereocenters. The van der Waals surface area contributed by atoms with Gasteiger partial charge in [0.05, 0.1) is 11.7 Å². The fraction of sp³-hybridized carbons (Fsp3) is 0.217. The Morgan fingerprint density at radius 3 is 2.45 bits per heavy atom.